The molecule has 0 saturated carbocycles. The molecule has 0 bridgehead atoms. The van der Waals surface area contributed by atoms with Gasteiger partial charge in [-0.1, -0.05) is 47.1 Å². The Kier molecular flexibility index (Phi) is 3.89. The molecular formula is C10H7ClN4O5. The second-order valence-electron chi connectivity index (χ2n) is 3.71. The lowest BCUT2D eigenvalue weighted by Crippen LogP contribution is -2.33. The third-order valence-corrected chi connectivity index (χ3v) is 2.82. The predicted molar refractivity (Wildman–Crippen MR) is 66.1 cm³/mol. The topological polar surface area (TPSA) is 125 Å². The number of hydrogen-bond donors (Lipinski definition) is 0. The maximum absolute atomic E-state index is 10.6. The minimum Gasteiger partial charge on any atom is -0.337 e. The fourth-order valence-corrected chi connectivity index (χ4v) is 1.74. The van der Waals surface area contributed by atoms with Gasteiger partial charge in [0.1, 0.15) is 0 Å². The molecule has 1 heterocycles. The van der Waals surface area contributed by atoms with Gasteiger partial charge in [-0.2, -0.15) is 4.98 Å². The van der Waals surface area contributed by atoms with Crippen molar-refractivity contribution in [2.75, 3.05) is 0 Å². The molecule has 20 heavy (non-hydrogen) atoms. The number of aromatic nitrogens is 2. The van der Waals surface area contributed by atoms with E-state index in [1.807, 2.05) is 0 Å². The van der Waals surface area contributed by atoms with Crippen LogP contribution < -0.4 is 0 Å². The van der Waals surface area contributed by atoms with Gasteiger partial charge < -0.3 is 4.52 Å². The number of rotatable bonds is 5. The van der Waals surface area contributed by atoms with Gasteiger partial charge in [-0.15, -0.1) is 0 Å². The highest BCUT2D eigenvalue weighted by Gasteiger charge is 2.45. The summed E-state index contributed by atoms with van der Waals surface area (Å²) >= 11 is 5.68. The van der Waals surface area contributed by atoms with E-state index in [0.29, 0.717) is 5.56 Å². The standard InChI is InChI=1S/C10H7ClN4O5/c11-7(10(14(16)17)15(18)19)9-12-8(13-20-9)6-4-2-1-3-5-6/h1-5,7,10H. The van der Waals surface area contributed by atoms with E-state index in [-0.39, 0.29) is 11.7 Å². The fourth-order valence-electron chi connectivity index (χ4n) is 1.47. The Labute approximate surface area is 116 Å². The second kappa shape index (κ2) is 5.61. The zero-order chi connectivity index (χ0) is 14.7. The van der Waals surface area contributed by atoms with Crippen LogP contribution in [-0.4, -0.2) is 26.2 Å². The minimum absolute atomic E-state index is 0.150. The molecule has 2 aromatic rings. The molecule has 0 aliphatic carbocycles. The molecular weight excluding hydrogens is 292 g/mol. The summed E-state index contributed by atoms with van der Waals surface area (Å²) in [5, 5.41) is 23.2. The molecule has 1 aromatic carbocycles. The number of nitrogens with zero attached hydrogens (tertiary/aromatic N) is 4. The molecule has 2 rings (SSSR count). The van der Waals surface area contributed by atoms with Crippen molar-refractivity contribution in [3.8, 4) is 11.4 Å². The molecule has 0 radical (unpaired) electrons. The van der Waals surface area contributed by atoms with Crippen molar-refractivity contribution >= 4 is 11.6 Å². The molecule has 0 amide bonds. The number of nitro groups is 2. The lowest BCUT2D eigenvalue weighted by Gasteiger charge is -2.03. The molecule has 10 heteroatoms. The summed E-state index contributed by atoms with van der Waals surface area (Å²) in [5.41, 5.74) is 0.602. The van der Waals surface area contributed by atoms with Crippen LogP contribution in [0, 0.1) is 20.2 Å². The van der Waals surface area contributed by atoms with E-state index in [0.717, 1.165) is 0 Å². The Morgan fingerprint density at radius 3 is 2.30 bits per heavy atom. The van der Waals surface area contributed by atoms with Crippen LogP contribution in [-0.2, 0) is 0 Å². The Morgan fingerprint density at radius 2 is 1.75 bits per heavy atom. The maximum atomic E-state index is 10.6. The highest BCUT2D eigenvalue weighted by molar-refractivity contribution is 6.20. The first-order valence-corrected chi connectivity index (χ1v) is 5.74. The molecule has 1 atom stereocenters. The van der Waals surface area contributed by atoms with E-state index in [2.05, 4.69) is 10.1 Å². The van der Waals surface area contributed by atoms with Gasteiger partial charge in [0, 0.05) is 5.56 Å². The van der Waals surface area contributed by atoms with Crippen LogP contribution in [0.4, 0.5) is 0 Å². The number of halogens is 1. The molecule has 104 valence electrons. The molecule has 0 fully saturated rings. The second-order valence-corrected chi connectivity index (χ2v) is 4.18. The van der Waals surface area contributed by atoms with Crippen LogP contribution in [0.5, 0.6) is 0 Å². The lowest BCUT2D eigenvalue weighted by molar-refractivity contribution is -0.743. The SMILES string of the molecule is O=[N+]([O-])C(C(Cl)c1nc(-c2ccccc2)no1)[N+](=O)[O-]. The van der Waals surface area contributed by atoms with Crippen molar-refractivity contribution in [2.45, 2.75) is 11.5 Å². The van der Waals surface area contributed by atoms with Crippen LogP contribution in [0.1, 0.15) is 11.3 Å². The summed E-state index contributed by atoms with van der Waals surface area (Å²) < 4.78 is 4.76. The largest absolute Gasteiger partial charge is 0.475 e. The van der Waals surface area contributed by atoms with Crippen molar-refractivity contribution < 1.29 is 14.4 Å². The summed E-state index contributed by atoms with van der Waals surface area (Å²) in [6.07, 6.45) is -2.25. The van der Waals surface area contributed by atoms with Gasteiger partial charge in [0.05, 0.1) is 9.85 Å². The average Bonchev–Trinajstić information content (AvgIpc) is 2.88. The molecule has 0 spiro atoms. The van der Waals surface area contributed by atoms with E-state index in [1.165, 1.54) is 0 Å². The smallest absolute Gasteiger partial charge is 0.337 e. The molecule has 1 aromatic heterocycles. The van der Waals surface area contributed by atoms with E-state index in [1.54, 1.807) is 30.3 Å². The van der Waals surface area contributed by atoms with Gasteiger partial charge in [-0.25, -0.2) is 0 Å². The van der Waals surface area contributed by atoms with Gasteiger partial charge in [0.25, 0.3) is 5.89 Å². The van der Waals surface area contributed by atoms with Crippen molar-refractivity contribution in [1.29, 1.82) is 0 Å². The normalized spacial score (nSPS) is 12.3. The number of hydrogen-bond acceptors (Lipinski definition) is 7. The fraction of sp³-hybridized carbons (Fsp3) is 0.200. The highest BCUT2D eigenvalue weighted by Crippen LogP contribution is 2.27. The molecule has 1 unspecified atom stereocenters. The zero-order valence-electron chi connectivity index (χ0n) is 9.75. The van der Waals surface area contributed by atoms with Crippen LogP contribution in [0.25, 0.3) is 11.4 Å². The first kappa shape index (κ1) is 13.9. The number of alkyl halides is 1. The van der Waals surface area contributed by atoms with Gasteiger partial charge in [0.15, 0.2) is 0 Å². The summed E-state index contributed by atoms with van der Waals surface area (Å²) in [7, 11) is 0. The van der Waals surface area contributed by atoms with E-state index in [4.69, 9.17) is 16.1 Å². The summed E-state index contributed by atoms with van der Waals surface area (Å²) in [6.45, 7) is 0. The first-order valence-electron chi connectivity index (χ1n) is 5.31. The van der Waals surface area contributed by atoms with Gasteiger partial charge >= 0.3 is 6.17 Å². The molecule has 9 nitrogen and oxygen atoms in total. The average molecular weight is 299 g/mol. The van der Waals surface area contributed by atoms with E-state index < -0.39 is 21.4 Å². The van der Waals surface area contributed by atoms with Gasteiger partial charge in [-0.3, -0.25) is 20.2 Å². The summed E-state index contributed by atoms with van der Waals surface area (Å²) in [4.78, 5) is 22.9. The van der Waals surface area contributed by atoms with Crippen LogP contribution in [0.15, 0.2) is 34.9 Å². The Morgan fingerprint density at radius 1 is 1.15 bits per heavy atom. The third-order valence-electron chi connectivity index (χ3n) is 2.40. The van der Waals surface area contributed by atoms with Crippen molar-refractivity contribution in [3.05, 3.63) is 56.5 Å². The molecule has 0 N–H and O–H groups in total. The van der Waals surface area contributed by atoms with Crippen molar-refractivity contribution in [2.24, 2.45) is 0 Å². The van der Waals surface area contributed by atoms with E-state index >= 15 is 0 Å². The van der Waals surface area contributed by atoms with Crippen molar-refractivity contribution in [1.82, 2.24) is 10.1 Å². The third kappa shape index (κ3) is 2.72. The Bertz CT molecular complexity index is 618. The van der Waals surface area contributed by atoms with Gasteiger partial charge in [-0.05, 0) is 0 Å². The predicted octanol–water partition coefficient (Wildman–Crippen LogP) is 1.90. The van der Waals surface area contributed by atoms with Crippen LogP contribution in [0.2, 0.25) is 0 Å². The lowest BCUT2D eigenvalue weighted by atomic mass is 10.2. The van der Waals surface area contributed by atoms with Crippen LogP contribution in [0.3, 0.4) is 0 Å². The summed E-state index contributed by atoms with van der Waals surface area (Å²) in [5.74, 6) is -0.222. The maximum Gasteiger partial charge on any atom is 0.475 e. The van der Waals surface area contributed by atoms with Crippen molar-refractivity contribution in [3.63, 3.8) is 0 Å². The number of benzene rings is 1. The highest BCUT2D eigenvalue weighted by atomic mass is 35.5. The zero-order valence-corrected chi connectivity index (χ0v) is 10.5. The van der Waals surface area contributed by atoms with E-state index in [9.17, 15) is 20.2 Å². The Balaban J connectivity index is 2.28. The summed E-state index contributed by atoms with van der Waals surface area (Å²) in [6, 6.07) is 8.64. The molecule has 0 aliphatic heterocycles. The Hall–Kier alpha value is -2.55. The minimum atomic E-state index is -2.25. The monoisotopic (exact) mass is 298 g/mol. The molecule has 0 aliphatic rings. The van der Waals surface area contributed by atoms with Crippen LogP contribution >= 0.6 is 11.6 Å². The first-order chi connectivity index (χ1) is 9.50. The van der Waals surface area contributed by atoms with Gasteiger partial charge in [0.2, 0.25) is 11.2 Å². The molecule has 0 saturated heterocycles. The quantitative estimate of drug-likeness (QED) is 0.357.